The highest BCUT2D eigenvalue weighted by atomic mass is 16.5. The molecule has 0 spiro atoms. The molecule has 1 fully saturated rings. The van der Waals surface area contributed by atoms with Gasteiger partial charge in [0.2, 0.25) is 0 Å². The predicted molar refractivity (Wildman–Crippen MR) is 60.4 cm³/mol. The molecular weight excluding hydrogens is 208 g/mol. The van der Waals surface area contributed by atoms with Gasteiger partial charge in [-0.05, 0) is 31.8 Å². The van der Waals surface area contributed by atoms with Gasteiger partial charge in [0, 0.05) is 12.2 Å². The fraction of sp³-hybridized carbons (Fsp3) is 0.750. The first-order valence-electron chi connectivity index (χ1n) is 5.85. The molecule has 1 heterocycles. The molecule has 1 rings (SSSR count). The number of carbonyl (C=O) groups is 1. The highest BCUT2D eigenvalue weighted by Crippen LogP contribution is 2.12. The number of ether oxygens (including phenoxy) is 2. The van der Waals surface area contributed by atoms with Crippen molar-refractivity contribution in [3.05, 3.63) is 11.6 Å². The molecule has 4 heteroatoms. The van der Waals surface area contributed by atoms with E-state index in [1.54, 1.807) is 6.08 Å². The minimum absolute atomic E-state index is 0.192. The van der Waals surface area contributed by atoms with Crippen molar-refractivity contribution in [1.82, 2.24) is 0 Å². The maximum absolute atomic E-state index is 10.7. The van der Waals surface area contributed by atoms with Crippen LogP contribution < -0.4 is 0 Å². The Bertz CT molecular complexity index is 241. The lowest BCUT2D eigenvalue weighted by Gasteiger charge is -2.21. The Balaban J connectivity index is 2.16. The zero-order chi connectivity index (χ0) is 11.8. The number of aliphatic carboxylic acids is 1. The number of hydrogen-bond donors (Lipinski definition) is 1. The molecule has 1 N–H and O–H groups in total. The van der Waals surface area contributed by atoms with Gasteiger partial charge >= 0.3 is 5.97 Å². The third-order valence-electron chi connectivity index (χ3n) is 2.68. The Hall–Kier alpha value is -0.870. The molecule has 1 atom stereocenters. The summed E-state index contributed by atoms with van der Waals surface area (Å²) < 4.78 is 10.9. The fourth-order valence-electron chi connectivity index (χ4n) is 1.68. The SMILES string of the molecule is CCC(=CCOCC1CCCCO1)C(=O)O. The van der Waals surface area contributed by atoms with Gasteiger partial charge < -0.3 is 14.6 Å². The van der Waals surface area contributed by atoms with Crippen LogP contribution in [-0.2, 0) is 14.3 Å². The van der Waals surface area contributed by atoms with E-state index in [2.05, 4.69) is 0 Å². The molecule has 0 radical (unpaired) electrons. The number of rotatable bonds is 6. The Kier molecular flexibility index (Phi) is 6.11. The summed E-state index contributed by atoms with van der Waals surface area (Å²) >= 11 is 0. The fourth-order valence-corrected chi connectivity index (χ4v) is 1.68. The van der Waals surface area contributed by atoms with Crippen molar-refractivity contribution in [1.29, 1.82) is 0 Å². The molecule has 92 valence electrons. The van der Waals surface area contributed by atoms with Crippen molar-refractivity contribution in [3.63, 3.8) is 0 Å². The molecular formula is C12H20O4. The van der Waals surface area contributed by atoms with E-state index in [4.69, 9.17) is 14.6 Å². The van der Waals surface area contributed by atoms with Crippen LogP contribution in [0.25, 0.3) is 0 Å². The van der Waals surface area contributed by atoms with Crippen LogP contribution in [0.5, 0.6) is 0 Å². The van der Waals surface area contributed by atoms with Crippen molar-refractivity contribution in [2.24, 2.45) is 0 Å². The molecule has 0 aromatic rings. The zero-order valence-corrected chi connectivity index (χ0v) is 9.78. The summed E-state index contributed by atoms with van der Waals surface area (Å²) in [5.41, 5.74) is 0.407. The van der Waals surface area contributed by atoms with E-state index in [9.17, 15) is 4.79 Å². The minimum Gasteiger partial charge on any atom is -0.478 e. The largest absolute Gasteiger partial charge is 0.478 e. The van der Waals surface area contributed by atoms with Crippen LogP contribution in [0.4, 0.5) is 0 Å². The summed E-state index contributed by atoms with van der Waals surface area (Å²) in [6, 6.07) is 0. The quantitative estimate of drug-likeness (QED) is 0.558. The van der Waals surface area contributed by atoms with Crippen molar-refractivity contribution in [2.45, 2.75) is 38.7 Å². The van der Waals surface area contributed by atoms with Crippen LogP contribution in [0.3, 0.4) is 0 Å². The van der Waals surface area contributed by atoms with E-state index >= 15 is 0 Å². The van der Waals surface area contributed by atoms with Gasteiger partial charge in [-0.3, -0.25) is 0 Å². The van der Waals surface area contributed by atoms with Gasteiger partial charge in [-0.15, -0.1) is 0 Å². The van der Waals surface area contributed by atoms with E-state index in [1.165, 1.54) is 6.42 Å². The van der Waals surface area contributed by atoms with Crippen molar-refractivity contribution in [3.8, 4) is 0 Å². The smallest absolute Gasteiger partial charge is 0.331 e. The standard InChI is InChI=1S/C12H20O4/c1-2-10(12(13)14)6-8-15-9-11-5-3-4-7-16-11/h6,11H,2-5,7-9H2,1H3,(H,13,14). The van der Waals surface area contributed by atoms with Crippen LogP contribution in [0.1, 0.15) is 32.6 Å². The van der Waals surface area contributed by atoms with Crippen LogP contribution >= 0.6 is 0 Å². The van der Waals surface area contributed by atoms with E-state index in [1.807, 2.05) is 6.92 Å². The van der Waals surface area contributed by atoms with Crippen molar-refractivity contribution < 1.29 is 19.4 Å². The average Bonchev–Trinajstić information content (AvgIpc) is 2.30. The molecule has 0 saturated carbocycles. The molecule has 0 aromatic carbocycles. The first kappa shape index (κ1) is 13.2. The lowest BCUT2D eigenvalue weighted by atomic mass is 10.1. The topological polar surface area (TPSA) is 55.8 Å². The van der Waals surface area contributed by atoms with Gasteiger partial charge in [0.1, 0.15) is 0 Å². The second-order valence-corrected chi connectivity index (χ2v) is 3.91. The number of carboxylic acid groups (broad SMARTS) is 1. The van der Waals surface area contributed by atoms with E-state index < -0.39 is 5.97 Å². The maximum Gasteiger partial charge on any atom is 0.331 e. The Labute approximate surface area is 96.2 Å². The summed E-state index contributed by atoms with van der Waals surface area (Å²) in [5, 5.41) is 8.77. The third kappa shape index (κ3) is 4.77. The number of carboxylic acids is 1. The number of hydrogen-bond acceptors (Lipinski definition) is 3. The highest BCUT2D eigenvalue weighted by molar-refractivity contribution is 5.86. The van der Waals surface area contributed by atoms with E-state index in [0.29, 0.717) is 25.2 Å². The second kappa shape index (κ2) is 7.41. The van der Waals surface area contributed by atoms with Gasteiger partial charge in [0.05, 0.1) is 19.3 Å². The monoisotopic (exact) mass is 228 g/mol. The molecule has 16 heavy (non-hydrogen) atoms. The van der Waals surface area contributed by atoms with Crippen LogP contribution in [0.2, 0.25) is 0 Å². The van der Waals surface area contributed by atoms with Gasteiger partial charge in [-0.25, -0.2) is 4.79 Å². The lowest BCUT2D eigenvalue weighted by molar-refractivity contribution is -0.132. The van der Waals surface area contributed by atoms with E-state index in [0.717, 1.165) is 19.4 Å². The summed E-state index contributed by atoms with van der Waals surface area (Å²) in [5.74, 6) is -0.861. The van der Waals surface area contributed by atoms with Crippen molar-refractivity contribution >= 4 is 5.97 Å². The summed E-state index contributed by atoms with van der Waals surface area (Å²) in [7, 11) is 0. The molecule has 0 amide bonds. The predicted octanol–water partition coefficient (Wildman–Crippen LogP) is 1.99. The molecule has 0 aliphatic carbocycles. The van der Waals surface area contributed by atoms with Gasteiger partial charge in [0.15, 0.2) is 0 Å². The lowest BCUT2D eigenvalue weighted by Crippen LogP contribution is -2.24. The Morgan fingerprint density at radius 1 is 1.56 bits per heavy atom. The van der Waals surface area contributed by atoms with Gasteiger partial charge in [-0.1, -0.05) is 6.92 Å². The van der Waals surface area contributed by atoms with Crippen LogP contribution in [0.15, 0.2) is 11.6 Å². The normalized spacial score (nSPS) is 22.1. The third-order valence-corrected chi connectivity index (χ3v) is 2.68. The maximum atomic E-state index is 10.7. The van der Waals surface area contributed by atoms with Crippen LogP contribution in [-0.4, -0.2) is 37.0 Å². The zero-order valence-electron chi connectivity index (χ0n) is 9.78. The molecule has 4 nitrogen and oxygen atoms in total. The van der Waals surface area contributed by atoms with E-state index in [-0.39, 0.29) is 6.10 Å². The second-order valence-electron chi connectivity index (χ2n) is 3.91. The molecule has 0 bridgehead atoms. The van der Waals surface area contributed by atoms with Gasteiger partial charge in [-0.2, -0.15) is 0 Å². The molecule has 1 saturated heterocycles. The van der Waals surface area contributed by atoms with Gasteiger partial charge in [0.25, 0.3) is 0 Å². The minimum atomic E-state index is -0.861. The first-order chi connectivity index (χ1) is 7.74. The molecule has 1 unspecified atom stereocenters. The highest BCUT2D eigenvalue weighted by Gasteiger charge is 2.13. The molecule has 1 aliphatic rings. The van der Waals surface area contributed by atoms with Crippen LogP contribution in [0, 0.1) is 0 Å². The first-order valence-corrected chi connectivity index (χ1v) is 5.85. The summed E-state index contributed by atoms with van der Waals surface area (Å²) in [6.45, 7) is 3.56. The van der Waals surface area contributed by atoms with Crippen molar-refractivity contribution in [2.75, 3.05) is 19.8 Å². The Morgan fingerprint density at radius 3 is 2.94 bits per heavy atom. The summed E-state index contributed by atoms with van der Waals surface area (Å²) in [6.07, 6.45) is 5.72. The average molecular weight is 228 g/mol. The molecule has 1 aliphatic heterocycles. The Morgan fingerprint density at radius 2 is 2.38 bits per heavy atom. The molecule has 0 aromatic heterocycles. The summed E-state index contributed by atoms with van der Waals surface area (Å²) in [4.78, 5) is 10.7.